The molecule has 23 heteroatoms. The first-order valence-corrected chi connectivity index (χ1v) is 20.9. The maximum absolute atomic E-state index is 13.4. The number of amides is 9. The van der Waals surface area contributed by atoms with Crippen LogP contribution in [0.3, 0.4) is 0 Å². The summed E-state index contributed by atoms with van der Waals surface area (Å²) in [6.45, 7) is 10.3. The molecule has 2 unspecified atom stereocenters. The summed E-state index contributed by atoms with van der Waals surface area (Å²) in [5.74, 6) is -5.91. The van der Waals surface area contributed by atoms with Crippen LogP contribution >= 0.6 is 0 Å². The summed E-state index contributed by atoms with van der Waals surface area (Å²) in [5.41, 5.74) is -0.688. The minimum Gasteiger partial charge on any atom is -0.444 e. The molecule has 0 radical (unpaired) electrons. The Kier molecular flexibility index (Phi) is 24.6. The Hall–Kier alpha value is -5.52. The Bertz CT molecular complexity index is 1580. The third-order valence-electron chi connectivity index (χ3n) is 8.71. The predicted molar refractivity (Wildman–Crippen MR) is 218 cm³/mol. The van der Waals surface area contributed by atoms with Crippen molar-refractivity contribution >= 4 is 59.3 Å². The summed E-state index contributed by atoms with van der Waals surface area (Å²) in [5, 5.41) is 13.3. The first-order valence-electron chi connectivity index (χ1n) is 20.9. The molecule has 0 spiro atoms. The van der Waals surface area contributed by atoms with Crippen LogP contribution in [0.25, 0.3) is 0 Å². The zero-order chi connectivity index (χ0) is 46.8. The number of hydroxylamine groups is 2. The summed E-state index contributed by atoms with van der Waals surface area (Å²) in [4.78, 5) is 128. The van der Waals surface area contributed by atoms with E-state index in [1.54, 1.807) is 34.6 Å². The van der Waals surface area contributed by atoms with E-state index in [1.807, 2.05) is 0 Å². The lowest BCUT2D eigenvalue weighted by Gasteiger charge is -2.25. The number of unbranched alkanes of at least 4 members (excludes halogenated alkanes) is 1. The van der Waals surface area contributed by atoms with Gasteiger partial charge >= 0.3 is 12.1 Å². The number of carbonyl (C=O) groups excluding carboxylic acids is 10. The van der Waals surface area contributed by atoms with Gasteiger partial charge in [-0.1, -0.05) is 13.8 Å². The van der Waals surface area contributed by atoms with Gasteiger partial charge in [0.1, 0.15) is 24.2 Å². The maximum atomic E-state index is 13.4. The Labute approximate surface area is 366 Å². The van der Waals surface area contributed by atoms with E-state index >= 15 is 0 Å². The molecule has 2 aliphatic heterocycles. The molecule has 2 rings (SSSR count). The number of rotatable bonds is 31. The number of nitrogens with one attached hydrogen (secondary N) is 5. The SMILES string of the molecule is CC(C)C(NC(=O)CCOCCOCCOCCOCCNC(=O)CCN1C(=O)C=CC1=O)C(=O)NC(CCCCNC(=O)OC(C)(C)C)C(=O)NCC(=O)ON1C(=O)CCC1=O. The van der Waals surface area contributed by atoms with E-state index in [0.717, 1.165) is 17.1 Å². The van der Waals surface area contributed by atoms with Gasteiger partial charge < -0.3 is 55.1 Å². The molecule has 23 nitrogen and oxygen atoms in total. The molecule has 9 amide bonds. The Balaban J connectivity index is 1.65. The van der Waals surface area contributed by atoms with Crippen molar-refractivity contribution in [1.29, 1.82) is 0 Å². The monoisotopic (exact) mass is 897 g/mol. The first-order chi connectivity index (χ1) is 29.9. The van der Waals surface area contributed by atoms with Gasteiger partial charge in [-0.15, -0.1) is 5.06 Å². The lowest BCUT2D eigenvalue weighted by Crippen LogP contribution is -2.55. The number of nitrogens with zero attached hydrogens (tertiary/aromatic N) is 2. The molecule has 0 saturated carbocycles. The van der Waals surface area contributed by atoms with Crippen molar-refractivity contribution in [2.75, 3.05) is 79.0 Å². The fourth-order valence-corrected chi connectivity index (χ4v) is 5.51. The fraction of sp³-hybridized carbons (Fsp3) is 0.700. The summed E-state index contributed by atoms with van der Waals surface area (Å²) < 4.78 is 27.0. The third kappa shape index (κ3) is 22.9. The van der Waals surface area contributed by atoms with Gasteiger partial charge in [-0.2, -0.15) is 0 Å². The maximum Gasteiger partial charge on any atom is 0.407 e. The fourth-order valence-electron chi connectivity index (χ4n) is 5.51. The van der Waals surface area contributed by atoms with Crippen LogP contribution in [-0.4, -0.2) is 166 Å². The minimum absolute atomic E-state index is 0.000494. The molecule has 354 valence electrons. The lowest BCUT2D eigenvalue weighted by atomic mass is 10.0. The van der Waals surface area contributed by atoms with Gasteiger partial charge in [-0.25, -0.2) is 9.59 Å². The van der Waals surface area contributed by atoms with Crippen LogP contribution in [0.1, 0.15) is 79.6 Å². The van der Waals surface area contributed by atoms with Gasteiger partial charge in [-0.05, 0) is 46.0 Å². The molecule has 2 heterocycles. The van der Waals surface area contributed by atoms with E-state index in [1.165, 1.54) is 0 Å². The molecule has 0 bridgehead atoms. The molecule has 1 saturated heterocycles. The van der Waals surface area contributed by atoms with Crippen molar-refractivity contribution in [3.8, 4) is 0 Å². The van der Waals surface area contributed by atoms with E-state index in [9.17, 15) is 47.9 Å². The van der Waals surface area contributed by atoms with Crippen LogP contribution in [0.15, 0.2) is 12.2 Å². The molecule has 5 N–H and O–H groups in total. The highest BCUT2D eigenvalue weighted by Crippen LogP contribution is 2.12. The molecule has 2 atom stereocenters. The second kappa shape index (κ2) is 29.0. The summed E-state index contributed by atoms with van der Waals surface area (Å²) in [7, 11) is 0. The second-order valence-corrected chi connectivity index (χ2v) is 15.5. The second-order valence-electron chi connectivity index (χ2n) is 15.5. The molecule has 2 aliphatic rings. The van der Waals surface area contributed by atoms with Gasteiger partial charge in [0.15, 0.2) is 0 Å². The van der Waals surface area contributed by atoms with Gasteiger partial charge in [0.05, 0.1) is 52.9 Å². The Morgan fingerprint density at radius 3 is 1.81 bits per heavy atom. The van der Waals surface area contributed by atoms with E-state index < -0.39 is 83.6 Å². The van der Waals surface area contributed by atoms with E-state index in [2.05, 4.69) is 26.6 Å². The van der Waals surface area contributed by atoms with Crippen molar-refractivity contribution in [3.05, 3.63) is 12.2 Å². The van der Waals surface area contributed by atoms with Crippen LogP contribution in [0.5, 0.6) is 0 Å². The molecule has 0 aromatic rings. The van der Waals surface area contributed by atoms with Crippen molar-refractivity contribution in [2.45, 2.75) is 97.2 Å². The van der Waals surface area contributed by atoms with E-state index in [-0.39, 0.29) is 90.7 Å². The van der Waals surface area contributed by atoms with Crippen LogP contribution in [0, 0.1) is 5.92 Å². The number of alkyl carbamates (subject to hydrolysis) is 1. The first kappa shape index (κ1) is 53.6. The van der Waals surface area contributed by atoms with Crippen molar-refractivity contribution < 1.29 is 76.5 Å². The average molecular weight is 898 g/mol. The molecular weight excluding hydrogens is 834 g/mol. The van der Waals surface area contributed by atoms with Crippen molar-refractivity contribution in [2.24, 2.45) is 5.92 Å². The number of hydrogen-bond acceptors (Lipinski definition) is 16. The molecular formula is C40H63N7O16. The molecule has 63 heavy (non-hydrogen) atoms. The standard InChI is InChI=1S/C40H63N7O16/c1-27(2)36(45-30(49)14-18-58-20-22-60-24-25-61-23-21-59-19-16-41-29(48)13-17-46-31(50)9-10-32(46)51)38(56)44-28(8-6-7-15-42-39(57)62-40(3,4)5)37(55)43-26-35(54)63-47-33(52)11-12-34(47)53/h9-10,27-28,36H,6-8,11-26H2,1-5H3,(H,41,48)(H,42,57)(H,43,55)(H,44,56)(H,45,49). The van der Waals surface area contributed by atoms with E-state index in [4.69, 9.17) is 28.5 Å². The number of ether oxygens (including phenoxy) is 5. The molecule has 0 aliphatic carbocycles. The van der Waals surface area contributed by atoms with Gasteiger partial charge in [0.2, 0.25) is 23.6 Å². The number of imide groups is 2. The highest BCUT2D eigenvalue weighted by molar-refractivity contribution is 6.13. The number of carbonyl (C=O) groups is 10. The summed E-state index contributed by atoms with van der Waals surface area (Å²) >= 11 is 0. The molecule has 1 fully saturated rings. The van der Waals surface area contributed by atoms with Crippen LogP contribution in [-0.2, 0) is 71.7 Å². The highest BCUT2D eigenvalue weighted by atomic mass is 16.7. The van der Waals surface area contributed by atoms with Gasteiger partial charge in [0, 0.05) is 57.5 Å². The average Bonchev–Trinajstić information content (AvgIpc) is 3.71. The Morgan fingerprint density at radius 2 is 1.24 bits per heavy atom. The van der Waals surface area contributed by atoms with Gasteiger partial charge in [0.25, 0.3) is 23.6 Å². The largest absolute Gasteiger partial charge is 0.444 e. The summed E-state index contributed by atoms with van der Waals surface area (Å²) in [6, 6.07) is -2.21. The predicted octanol–water partition coefficient (Wildman–Crippen LogP) is -1.08. The highest BCUT2D eigenvalue weighted by Gasteiger charge is 2.34. The molecule has 0 aromatic heterocycles. The normalized spacial score (nSPS) is 14.8. The minimum atomic E-state index is -1.17. The quantitative estimate of drug-likeness (QED) is 0.0409. The smallest absolute Gasteiger partial charge is 0.407 e. The third-order valence-corrected chi connectivity index (χ3v) is 8.71. The van der Waals surface area contributed by atoms with Crippen molar-refractivity contribution in [3.63, 3.8) is 0 Å². The van der Waals surface area contributed by atoms with Crippen LogP contribution in [0.4, 0.5) is 4.79 Å². The lowest BCUT2D eigenvalue weighted by molar-refractivity contribution is -0.196. The number of hydrogen-bond donors (Lipinski definition) is 5. The van der Waals surface area contributed by atoms with Crippen LogP contribution < -0.4 is 26.6 Å². The van der Waals surface area contributed by atoms with Gasteiger partial charge in [-0.3, -0.25) is 43.3 Å². The zero-order valence-corrected chi connectivity index (χ0v) is 36.7. The summed E-state index contributed by atoms with van der Waals surface area (Å²) in [6.07, 6.45) is 2.27. The van der Waals surface area contributed by atoms with Crippen molar-refractivity contribution in [1.82, 2.24) is 36.5 Å². The Morgan fingerprint density at radius 1 is 0.667 bits per heavy atom. The van der Waals surface area contributed by atoms with E-state index in [0.29, 0.717) is 37.7 Å². The van der Waals surface area contributed by atoms with Crippen LogP contribution in [0.2, 0.25) is 0 Å². The molecule has 0 aromatic carbocycles. The topological polar surface area (TPSA) is 293 Å². The zero-order valence-electron chi connectivity index (χ0n) is 36.7.